The van der Waals surface area contributed by atoms with Gasteiger partial charge < -0.3 is 31.7 Å². The molecule has 3 rings (SSSR count). The maximum absolute atomic E-state index is 14.0. The van der Waals surface area contributed by atoms with Crippen molar-refractivity contribution in [2.24, 2.45) is 17.1 Å². The van der Waals surface area contributed by atoms with Crippen molar-refractivity contribution in [3.63, 3.8) is 0 Å². The molecule has 6 N–H and O–H groups in total. The minimum atomic E-state index is -1.67. The molecule has 1 unspecified atom stereocenters. The average Bonchev–Trinajstić information content (AvgIpc) is 3.33. The normalized spacial score (nSPS) is 19.5. The summed E-state index contributed by atoms with van der Waals surface area (Å²) in [5.74, 6) is -1.63. The monoisotopic (exact) mass is 653 g/mol. The molecule has 0 bridgehead atoms. The number of aliphatic hydroxyl groups excluding tert-OH is 1. The van der Waals surface area contributed by atoms with Crippen LogP contribution < -0.4 is 21.7 Å². The zero-order valence-corrected chi connectivity index (χ0v) is 29.1. The van der Waals surface area contributed by atoms with Crippen LogP contribution in [0.5, 0.6) is 0 Å². The second kappa shape index (κ2) is 15.5. The minimum Gasteiger partial charge on any atom is -0.381 e. The van der Waals surface area contributed by atoms with Gasteiger partial charge in [-0.2, -0.15) is 0 Å². The minimum absolute atomic E-state index is 0.111. The van der Waals surface area contributed by atoms with E-state index >= 15 is 0 Å². The molecule has 11 heteroatoms. The van der Waals surface area contributed by atoms with Crippen LogP contribution in [0.15, 0.2) is 60.7 Å². The molecule has 46 heavy (non-hydrogen) atoms. The number of nitrogens with one attached hydrogen (secondary N) is 3. The van der Waals surface area contributed by atoms with Crippen LogP contribution in [0.2, 0.25) is 0 Å². The van der Waals surface area contributed by atoms with E-state index in [1.807, 2.05) is 91.8 Å². The van der Waals surface area contributed by atoms with Crippen molar-refractivity contribution in [1.82, 2.24) is 20.9 Å². The van der Waals surface area contributed by atoms with Gasteiger partial charge in [-0.05, 0) is 49.7 Å². The van der Waals surface area contributed by atoms with Crippen LogP contribution in [0.25, 0.3) is 0 Å². The van der Waals surface area contributed by atoms with Crippen LogP contribution in [0, 0.1) is 11.3 Å². The number of nitrogens with two attached hydrogens (primary N) is 1. The van der Waals surface area contributed by atoms with E-state index in [9.17, 15) is 24.3 Å². The van der Waals surface area contributed by atoms with Gasteiger partial charge in [0.15, 0.2) is 6.10 Å². The summed E-state index contributed by atoms with van der Waals surface area (Å²) in [6.07, 6.45) is -1.53. The fourth-order valence-corrected chi connectivity index (χ4v) is 6.46. The summed E-state index contributed by atoms with van der Waals surface area (Å²) >= 11 is 1.46. The van der Waals surface area contributed by atoms with Crippen molar-refractivity contribution in [3.8, 4) is 0 Å². The number of hydrogen-bond acceptors (Lipinski definition) is 7. The van der Waals surface area contributed by atoms with Gasteiger partial charge in [0.2, 0.25) is 17.7 Å². The largest absolute Gasteiger partial charge is 0.381 e. The van der Waals surface area contributed by atoms with Crippen molar-refractivity contribution >= 4 is 35.4 Å². The third kappa shape index (κ3) is 9.33. The van der Waals surface area contributed by atoms with Gasteiger partial charge >= 0.3 is 0 Å². The highest BCUT2D eigenvalue weighted by molar-refractivity contribution is 8.00. The molecular formula is C35H51N5O5S. The lowest BCUT2D eigenvalue weighted by Gasteiger charge is -2.36. The van der Waals surface area contributed by atoms with Crippen molar-refractivity contribution in [2.75, 3.05) is 5.88 Å². The van der Waals surface area contributed by atoms with E-state index < -0.39 is 58.2 Å². The van der Waals surface area contributed by atoms with Crippen LogP contribution in [0.3, 0.4) is 0 Å². The number of thioether (sulfide) groups is 1. The van der Waals surface area contributed by atoms with Crippen molar-refractivity contribution in [1.29, 1.82) is 0 Å². The Morgan fingerprint density at radius 2 is 1.50 bits per heavy atom. The second-order valence-electron chi connectivity index (χ2n) is 14.1. The van der Waals surface area contributed by atoms with E-state index in [0.29, 0.717) is 5.56 Å². The molecule has 4 amide bonds. The van der Waals surface area contributed by atoms with Gasteiger partial charge in [-0.3, -0.25) is 19.2 Å². The number of nitrogens with zero attached hydrogens (tertiary/aromatic N) is 1. The highest BCUT2D eigenvalue weighted by atomic mass is 32.2. The number of carbonyl (C=O) groups excluding carboxylic acids is 4. The molecule has 0 aromatic heterocycles. The molecule has 1 saturated heterocycles. The first-order valence-electron chi connectivity index (χ1n) is 15.8. The highest BCUT2D eigenvalue weighted by Gasteiger charge is 2.50. The Hall–Kier alpha value is -3.41. The topological polar surface area (TPSA) is 154 Å². The van der Waals surface area contributed by atoms with Crippen LogP contribution in [0.1, 0.15) is 72.6 Å². The van der Waals surface area contributed by atoms with Gasteiger partial charge in [-0.15, -0.1) is 11.8 Å². The Bertz CT molecular complexity index is 1350. The molecule has 0 saturated carbocycles. The number of carbonyl (C=O) groups is 4. The molecule has 1 aliphatic heterocycles. The molecule has 252 valence electrons. The van der Waals surface area contributed by atoms with Crippen molar-refractivity contribution in [2.45, 2.75) is 103 Å². The second-order valence-corrected chi connectivity index (χ2v) is 15.7. The summed E-state index contributed by atoms with van der Waals surface area (Å²) in [6.45, 7) is 15.2. The maximum atomic E-state index is 14.0. The number of amides is 4. The number of rotatable bonds is 12. The van der Waals surface area contributed by atoms with E-state index in [4.69, 9.17) is 5.73 Å². The molecule has 1 heterocycles. The fourth-order valence-electron chi connectivity index (χ4n) is 5.32. The zero-order chi connectivity index (χ0) is 34.4. The van der Waals surface area contributed by atoms with Crippen molar-refractivity contribution < 1.29 is 24.3 Å². The maximum Gasteiger partial charge on any atom is 0.254 e. The molecule has 6 atom stereocenters. The zero-order valence-electron chi connectivity index (χ0n) is 28.2. The number of aliphatic hydroxyl groups is 1. The van der Waals surface area contributed by atoms with Gasteiger partial charge in [0, 0.05) is 10.8 Å². The summed E-state index contributed by atoms with van der Waals surface area (Å²) < 4.78 is -0.604. The predicted octanol–water partition coefficient (Wildman–Crippen LogP) is 3.15. The van der Waals surface area contributed by atoms with E-state index in [0.717, 1.165) is 5.56 Å². The molecule has 0 spiro atoms. The van der Waals surface area contributed by atoms with Crippen LogP contribution in [0.4, 0.5) is 0 Å². The number of benzene rings is 2. The third-order valence-electron chi connectivity index (χ3n) is 8.56. The SMILES string of the molecule is CC(C)C(C)NC(=O)[C@H]1N(C(=O)[C@@H](O)[C@H](Cc2ccccc2)NC(=O)[C@@H](NC(=O)[C@@H](N)c2ccccc2)C(C)(C)C)CSC1(C)C. The first-order chi connectivity index (χ1) is 21.4. The van der Waals surface area contributed by atoms with Gasteiger partial charge in [-0.1, -0.05) is 95.3 Å². The standard InChI is InChI=1S/C35H51N5O5S/c1-21(2)22(3)37-32(44)29-35(7,8)46-20-40(29)33(45)27(41)25(19-23-15-11-9-12-16-23)38-31(43)28(34(4,5)6)39-30(42)26(36)24-17-13-10-14-18-24/h9-18,21-22,25-29,41H,19-20,36H2,1-8H3,(H,37,44)(H,38,43)(H,39,42)/t22?,25-,26-,27-,28+,29+/m0/s1. The molecule has 1 aliphatic rings. The first kappa shape index (κ1) is 37.1. The fraction of sp³-hybridized carbons (Fsp3) is 0.543. The Kier molecular flexibility index (Phi) is 12.4. The number of hydrogen-bond donors (Lipinski definition) is 5. The first-order valence-corrected chi connectivity index (χ1v) is 16.8. The van der Waals surface area contributed by atoms with Gasteiger partial charge in [0.1, 0.15) is 18.1 Å². The van der Waals surface area contributed by atoms with Gasteiger partial charge in [0.05, 0.1) is 11.9 Å². The van der Waals surface area contributed by atoms with Gasteiger partial charge in [-0.25, -0.2) is 0 Å². The molecule has 1 fully saturated rings. The Morgan fingerprint density at radius 3 is 2.04 bits per heavy atom. The smallest absolute Gasteiger partial charge is 0.254 e. The highest BCUT2D eigenvalue weighted by Crippen LogP contribution is 2.40. The summed E-state index contributed by atoms with van der Waals surface area (Å²) in [4.78, 5) is 56.0. The lowest BCUT2D eigenvalue weighted by atomic mass is 9.85. The summed E-state index contributed by atoms with van der Waals surface area (Å²) in [5.41, 5.74) is 6.88. The molecular weight excluding hydrogens is 602 g/mol. The van der Waals surface area contributed by atoms with Crippen LogP contribution in [-0.2, 0) is 25.6 Å². The van der Waals surface area contributed by atoms with Crippen LogP contribution >= 0.6 is 11.8 Å². The van der Waals surface area contributed by atoms with E-state index in [2.05, 4.69) is 16.0 Å². The quantitative estimate of drug-likeness (QED) is 0.236. The predicted molar refractivity (Wildman–Crippen MR) is 182 cm³/mol. The lowest BCUT2D eigenvalue weighted by Crippen LogP contribution is -2.62. The summed E-state index contributed by atoms with van der Waals surface area (Å²) in [5, 5.41) is 20.3. The molecule has 2 aromatic carbocycles. The Labute approximate surface area is 277 Å². The molecule has 2 aromatic rings. The Morgan fingerprint density at radius 1 is 0.935 bits per heavy atom. The van der Waals surface area contributed by atoms with E-state index in [1.54, 1.807) is 24.3 Å². The summed E-state index contributed by atoms with van der Waals surface area (Å²) in [7, 11) is 0. The van der Waals surface area contributed by atoms with E-state index in [-0.39, 0.29) is 30.2 Å². The Balaban J connectivity index is 1.88. The van der Waals surface area contributed by atoms with Crippen molar-refractivity contribution in [3.05, 3.63) is 71.8 Å². The van der Waals surface area contributed by atoms with Crippen LogP contribution in [-0.4, -0.2) is 74.5 Å². The third-order valence-corrected chi connectivity index (χ3v) is 9.94. The average molecular weight is 654 g/mol. The molecule has 10 nitrogen and oxygen atoms in total. The van der Waals surface area contributed by atoms with Gasteiger partial charge in [0.25, 0.3) is 5.91 Å². The van der Waals surface area contributed by atoms with E-state index in [1.165, 1.54) is 16.7 Å². The molecule has 0 radical (unpaired) electrons. The molecule has 0 aliphatic carbocycles. The lowest BCUT2D eigenvalue weighted by molar-refractivity contribution is -0.148. The summed E-state index contributed by atoms with van der Waals surface area (Å²) in [6, 6.07) is 14.0.